The van der Waals surface area contributed by atoms with Gasteiger partial charge in [-0.05, 0) is 268 Å². The van der Waals surface area contributed by atoms with Crippen LogP contribution in [-0.4, -0.2) is 8.75 Å². The van der Waals surface area contributed by atoms with Gasteiger partial charge in [0.1, 0.15) is 11.0 Å². The molecule has 6 aromatic carbocycles. The molecule has 5 aromatic heterocycles. The third kappa shape index (κ3) is 9.96. The Balaban J connectivity index is 1.04. The first-order chi connectivity index (χ1) is 43.2. The maximum Gasteiger partial charge on any atom is 0.114 e. The number of rotatable bonds is 7. The summed E-state index contributed by atoms with van der Waals surface area (Å²) < 4.78 is 9.74. The summed E-state index contributed by atoms with van der Waals surface area (Å²) in [5, 5.41) is 0. The number of thiophene rings is 4. The van der Waals surface area contributed by atoms with E-state index < -0.39 is 10.8 Å². The second-order valence-electron chi connectivity index (χ2n) is 20.4. The van der Waals surface area contributed by atoms with Crippen molar-refractivity contribution in [2.75, 3.05) is 0 Å². The lowest BCUT2D eigenvalue weighted by Crippen LogP contribution is -2.30. The van der Waals surface area contributed by atoms with E-state index in [9.17, 15) is 0 Å². The molecule has 0 amide bonds. The van der Waals surface area contributed by atoms with E-state index in [1.807, 2.05) is 22.7 Å². The molecule has 88 heavy (non-hydrogen) atoms. The van der Waals surface area contributed by atoms with Gasteiger partial charge < -0.3 is 0 Å². The molecule has 0 saturated heterocycles. The smallest absolute Gasteiger partial charge is 0.114 e. The Kier molecular flexibility index (Phi) is 15.2. The summed E-state index contributed by atoms with van der Waals surface area (Å²) in [6, 6.07) is 58.0. The molecule has 0 N–H and O–H groups in total. The van der Waals surface area contributed by atoms with Crippen LogP contribution in [-0.2, 0) is 10.8 Å². The fourth-order valence-electron chi connectivity index (χ4n) is 11.8. The van der Waals surface area contributed by atoms with Gasteiger partial charge in [0.25, 0.3) is 0 Å². The monoisotopic (exact) mass is 1200 g/mol. The Labute approximate surface area is 533 Å². The summed E-state index contributed by atoms with van der Waals surface area (Å²) >= 11 is 8.50. The van der Waals surface area contributed by atoms with E-state index in [4.69, 9.17) is 28.0 Å². The van der Waals surface area contributed by atoms with Crippen LogP contribution in [0.25, 0.3) is 62.6 Å². The standard InChI is InChI=1S/C81H38N2S5/c1-7-10-13-16-19-22-25-57-31-39-61(40-32-57)80(62-41-33-58(34-42-62)26-23-20-17-14-11-8-2)68-52-67-69(51-66(68)78-70(80)50-56(6)85-78)81(60-37-28-54(4)29-38-60,63-43-35-59(36-44-63)27-24-21-18-15-12-9-3)71-53-75(87-79(67)71)74-49-48-73(86-74)65-46-45-64(72-47-30-55(5)84-72)76-77(65)83-88-82-76/h1-3,28-53H,4-6H3. The van der Waals surface area contributed by atoms with Gasteiger partial charge in [-0.15, -0.1) is 64.6 Å². The van der Waals surface area contributed by atoms with E-state index in [1.54, 1.807) is 22.7 Å². The molecule has 0 radical (unpaired) electrons. The molecule has 7 heteroatoms. The van der Waals surface area contributed by atoms with E-state index in [-0.39, 0.29) is 0 Å². The molecule has 1 atom stereocenters. The number of benzene rings is 6. The van der Waals surface area contributed by atoms with Crippen LogP contribution in [0.4, 0.5) is 0 Å². The fourth-order valence-corrected chi connectivity index (χ4v) is 16.7. The molecule has 0 saturated carbocycles. The molecule has 0 aliphatic heterocycles. The van der Waals surface area contributed by atoms with Crippen molar-refractivity contribution < 1.29 is 0 Å². The number of aromatic nitrogens is 2. The molecule has 2 aliphatic carbocycles. The minimum atomic E-state index is -0.779. The van der Waals surface area contributed by atoms with Gasteiger partial charge in [0.15, 0.2) is 0 Å². The Morgan fingerprint density at radius 1 is 0.318 bits per heavy atom. The number of hydrogen-bond donors (Lipinski definition) is 0. The normalized spacial score (nSPS) is 12.7. The van der Waals surface area contributed by atoms with E-state index in [0.29, 0.717) is 0 Å². The summed E-state index contributed by atoms with van der Waals surface area (Å²) in [7, 11) is 0. The van der Waals surface area contributed by atoms with E-state index in [2.05, 4.69) is 303 Å². The highest BCUT2D eigenvalue weighted by Gasteiger charge is 2.53. The quantitative estimate of drug-likeness (QED) is 0.149. The van der Waals surface area contributed by atoms with Crippen molar-refractivity contribution in [1.82, 2.24) is 8.75 Å². The number of aryl methyl sites for hydroxylation is 3. The zero-order valence-corrected chi connectivity index (χ0v) is 51.3. The van der Waals surface area contributed by atoms with Crippen LogP contribution in [0.1, 0.15) is 76.5 Å². The minimum Gasteiger partial charge on any atom is -0.172 e. The van der Waals surface area contributed by atoms with Crippen LogP contribution >= 0.6 is 57.1 Å². The van der Waals surface area contributed by atoms with Crippen LogP contribution in [0.3, 0.4) is 0 Å². The summed E-state index contributed by atoms with van der Waals surface area (Å²) in [4.78, 5) is 9.55. The van der Waals surface area contributed by atoms with Crippen molar-refractivity contribution >= 4 is 68.1 Å². The number of fused-ring (bicyclic) bond motifs is 7. The molecule has 0 fully saturated rings. The highest BCUT2D eigenvalue weighted by atomic mass is 32.1. The topological polar surface area (TPSA) is 25.8 Å². The summed E-state index contributed by atoms with van der Waals surface area (Å²) in [6.07, 6.45) is 15.9. The Morgan fingerprint density at radius 3 is 1.17 bits per heavy atom. The molecule has 0 bridgehead atoms. The Morgan fingerprint density at radius 2 is 0.716 bits per heavy atom. The molecule has 2 aliphatic rings. The zero-order valence-electron chi connectivity index (χ0n) is 47.2. The second-order valence-corrected chi connectivity index (χ2v) is 25.6. The van der Waals surface area contributed by atoms with Crippen molar-refractivity contribution in [3.63, 3.8) is 0 Å². The van der Waals surface area contributed by atoms with Crippen LogP contribution in [0.15, 0.2) is 158 Å². The molecular formula is C81H38N2S5. The molecule has 11 aromatic rings. The van der Waals surface area contributed by atoms with Gasteiger partial charge in [-0.2, -0.15) is 8.75 Å². The van der Waals surface area contributed by atoms with Crippen molar-refractivity contribution in [1.29, 1.82) is 0 Å². The lowest BCUT2D eigenvalue weighted by atomic mass is 9.65. The third-order valence-electron chi connectivity index (χ3n) is 15.4. The average Bonchev–Trinajstić information content (AvgIpc) is 1.51. The summed E-state index contributed by atoms with van der Waals surface area (Å²) in [5.74, 6) is 57.6. The fraction of sp³-hybridized carbons (Fsp3) is 0.0617. The predicted octanol–water partition coefficient (Wildman–Crippen LogP) is 16.6. The predicted molar refractivity (Wildman–Crippen MR) is 368 cm³/mol. The van der Waals surface area contributed by atoms with Crippen LogP contribution in [0.2, 0.25) is 0 Å². The van der Waals surface area contributed by atoms with Gasteiger partial charge in [0.05, 0.1) is 22.6 Å². The van der Waals surface area contributed by atoms with Crippen molar-refractivity contribution in [2.24, 2.45) is 0 Å². The van der Waals surface area contributed by atoms with Crippen LogP contribution in [0.5, 0.6) is 0 Å². The first-order valence-electron chi connectivity index (χ1n) is 27.4. The van der Waals surface area contributed by atoms with E-state index in [0.717, 1.165) is 66.0 Å². The van der Waals surface area contributed by atoms with Crippen molar-refractivity contribution in [3.8, 4) is 195 Å². The van der Waals surface area contributed by atoms with Gasteiger partial charge in [0, 0.05) is 66.8 Å². The van der Waals surface area contributed by atoms with Crippen molar-refractivity contribution in [3.05, 3.63) is 234 Å². The van der Waals surface area contributed by atoms with Crippen LogP contribution < -0.4 is 0 Å². The van der Waals surface area contributed by atoms with Gasteiger partial charge in [0.2, 0.25) is 0 Å². The largest absolute Gasteiger partial charge is 0.172 e. The third-order valence-corrected chi connectivity index (χ3v) is 20.5. The first kappa shape index (κ1) is 55.8. The molecule has 0 spiro atoms. The Bertz CT molecular complexity index is 5390. The molecular weight excluding hydrogens is 1160 g/mol. The minimum absolute atomic E-state index is 0.768. The van der Waals surface area contributed by atoms with Gasteiger partial charge in [-0.1, -0.05) is 96.1 Å². The van der Waals surface area contributed by atoms with Gasteiger partial charge >= 0.3 is 0 Å². The van der Waals surface area contributed by atoms with Gasteiger partial charge in [-0.3, -0.25) is 0 Å². The molecule has 402 valence electrons. The maximum absolute atomic E-state index is 5.32. The van der Waals surface area contributed by atoms with Gasteiger partial charge in [-0.25, -0.2) is 0 Å². The second kappa shape index (κ2) is 24.0. The zero-order chi connectivity index (χ0) is 60.2. The molecule has 2 nitrogen and oxygen atoms in total. The highest BCUT2D eigenvalue weighted by Crippen LogP contribution is 2.66. The van der Waals surface area contributed by atoms with Crippen LogP contribution in [0, 0.1) is 164 Å². The van der Waals surface area contributed by atoms with Crippen molar-refractivity contribution in [2.45, 2.75) is 31.6 Å². The first-order valence-corrected chi connectivity index (χ1v) is 31.4. The lowest BCUT2D eigenvalue weighted by Gasteiger charge is -2.35. The number of terminal acetylenes is 3. The lowest BCUT2D eigenvalue weighted by molar-refractivity contribution is 0.759. The van der Waals surface area contributed by atoms with E-state index in [1.165, 1.54) is 84.8 Å². The number of hydrogen-bond acceptors (Lipinski definition) is 7. The number of nitrogens with zero attached hydrogens (tertiary/aromatic N) is 2. The Hall–Kier alpha value is -11.3. The average molecular weight is 1200 g/mol. The maximum atomic E-state index is 5.32. The molecule has 13 rings (SSSR count). The molecule has 5 heterocycles. The SMILES string of the molecule is C#CC#CC#CC#Cc1ccc(C2(c3ccc(C#CC#CC#CC#C)cc3)c3cc4c(cc3-c3sc(C)cc32)C(c2ccc(C)cc2)(c2ccc(C#CC#CC#CC#C)cc2)c2cc(-c3ccc(-c5ccc(-c6ccc(C)s6)c6nsnc56)s3)sc2-4)cc1. The molecule has 1 unspecified atom stereocenters. The van der Waals surface area contributed by atoms with E-state index >= 15 is 0 Å². The summed E-state index contributed by atoms with van der Waals surface area (Å²) in [5.41, 5.74) is 17.7. The highest BCUT2D eigenvalue weighted by molar-refractivity contribution is 7.25. The summed E-state index contributed by atoms with van der Waals surface area (Å²) in [6.45, 7) is 6.48.